The van der Waals surface area contributed by atoms with E-state index in [0.29, 0.717) is 31.4 Å². The molecule has 1 aliphatic rings. The van der Waals surface area contributed by atoms with E-state index < -0.39 is 0 Å². The van der Waals surface area contributed by atoms with Crippen molar-refractivity contribution in [3.8, 4) is 16.5 Å². The molecule has 2 unspecified atom stereocenters. The maximum atomic E-state index is 12.9. The van der Waals surface area contributed by atoms with Gasteiger partial charge in [-0.1, -0.05) is 23.4 Å². The molecule has 1 aromatic carbocycles. The summed E-state index contributed by atoms with van der Waals surface area (Å²) in [6.07, 6.45) is 1.87. The van der Waals surface area contributed by atoms with Crippen molar-refractivity contribution in [2.75, 3.05) is 19.7 Å². The Bertz CT molecular complexity index is 971. The van der Waals surface area contributed by atoms with Crippen molar-refractivity contribution >= 4 is 17.2 Å². The molecule has 0 radical (unpaired) electrons. The van der Waals surface area contributed by atoms with Gasteiger partial charge in [-0.3, -0.25) is 9.69 Å². The fourth-order valence-electron chi connectivity index (χ4n) is 3.86. The fraction of sp³-hybridized carbons (Fsp3) is 0.435. The standard InChI is InChI=1S/C23H28N4O3S/c1-3-29-19-10-8-17(9-11-19)16(2)24-23(28)18-6-4-12-27(14-18)15-21-25-22(26-30-21)20-7-5-13-31-20/h5,7-11,13,16,18H,3-4,6,12,14-15H2,1-2H3,(H,24,28). The first kappa shape index (κ1) is 21.5. The van der Waals surface area contributed by atoms with Gasteiger partial charge in [0.1, 0.15) is 5.75 Å². The largest absolute Gasteiger partial charge is 0.494 e. The molecule has 31 heavy (non-hydrogen) atoms. The fourth-order valence-corrected chi connectivity index (χ4v) is 4.51. The zero-order chi connectivity index (χ0) is 21.6. The van der Waals surface area contributed by atoms with E-state index in [1.54, 1.807) is 11.3 Å². The Morgan fingerprint density at radius 2 is 2.19 bits per heavy atom. The predicted molar refractivity (Wildman–Crippen MR) is 120 cm³/mol. The van der Waals surface area contributed by atoms with E-state index in [2.05, 4.69) is 20.4 Å². The van der Waals surface area contributed by atoms with E-state index in [-0.39, 0.29) is 17.9 Å². The number of piperidine rings is 1. The van der Waals surface area contributed by atoms with Gasteiger partial charge in [0.15, 0.2) is 0 Å². The third-order valence-electron chi connectivity index (χ3n) is 5.49. The summed E-state index contributed by atoms with van der Waals surface area (Å²) < 4.78 is 10.9. The van der Waals surface area contributed by atoms with Crippen LogP contribution in [-0.2, 0) is 11.3 Å². The minimum Gasteiger partial charge on any atom is -0.494 e. The summed E-state index contributed by atoms with van der Waals surface area (Å²) in [5, 5.41) is 9.24. The molecule has 2 atom stereocenters. The topological polar surface area (TPSA) is 80.5 Å². The van der Waals surface area contributed by atoms with Gasteiger partial charge in [0.25, 0.3) is 0 Å². The molecule has 0 bridgehead atoms. The van der Waals surface area contributed by atoms with Crippen LogP contribution >= 0.6 is 11.3 Å². The number of ether oxygens (including phenoxy) is 1. The van der Waals surface area contributed by atoms with Crippen molar-refractivity contribution in [2.45, 2.75) is 39.3 Å². The number of aromatic nitrogens is 2. The summed E-state index contributed by atoms with van der Waals surface area (Å²) in [5.41, 5.74) is 1.07. The van der Waals surface area contributed by atoms with Crippen molar-refractivity contribution in [1.29, 1.82) is 0 Å². The van der Waals surface area contributed by atoms with E-state index in [1.807, 2.05) is 55.6 Å². The maximum absolute atomic E-state index is 12.9. The lowest BCUT2D eigenvalue weighted by Gasteiger charge is -2.31. The van der Waals surface area contributed by atoms with Crippen molar-refractivity contribution in [3.05, 3.63) is 53.2 Å². The first-order valence-corrected chi connectivity index (χ1v) is 11.6. The number of likely N-dealkylation sites (tertiary alicyclic amines) is 1. The van der Waals surface area contributed by atoms with Crippen LogP contribution < -0.4 is 10.1 Å². The van der Waals surface area contributed by atoms with Crippen LogP contribution in [0.1, 0.15) is 44.2 Å². The molecular weight excluding hydrogens is 412 g/mol. The molecule has 1 N–H and O–H groups in total. The lowest BCUT2D eigenvalue weighted by atomic mass is 9.96. The number of hydrogen-bond acceptors (Lipinski definition) is 7. The van der Waals surface area contributed by atoms with Crippen LogP contribution in [0.15, 0.2) is 46.3 Å². The summed E-state index contributed by atoms with van der Waals surface area (Å²) in [5.74, 6) is 2.11. The summed E-state index contributed by atoms with van der Waals surface area (Å²) in [6, 6.07) is 11.8. The highest BCUT2D eigenvalue weighted by Crippen LogP contribution is 2.24. The number of carbonyl (C=O) groups is 1. The Morgan fingerprint density at radius 1 is 1.35 bits per heavy atom. The maximum Gasteiger partial charge on any atom is 0.241 e. The molecule has 0 aliphatic carbocycles. The average Bonchev–Trinajstić information content (AvgIpc) is 3.47. The Morgan fingerprint density at radius 3 is 2.94 bits per heavy atom. The van der Waals surface area contributed by atoms with Crippen molar-refractivity contribution in [2.24, 2.45) is 5.92 Å². The summed E-state index contributed by atoms with van der Waals surface area (Å²) in [6.45, 7) is 6.80. The second kappa shape index (κ2) is 10.1. The third kappa shape index (κ3) is 5.51. The Balaban J connectivity index is 1.31. The molecular formula is C23H28N4O3S. The van der Waals surface area contributed by atoms with Gasteiger partial charge in [0, 0.05) is 6.54 Å². The molecule has 0 saturated carbocycles. The van der Waals surface area contributed by atoms with Crippen LogP contribution in [0.2, 0.25) is 0 Å². The summed E-state index contributed by atoms with van der Waals surface area (Å²) >= 11 is 1.59. The van der Waals surface area contributed by atoms with Gasteiger partial charge >= 0.3 is 0 Å². The number of carbonyl (C=O) groups excluding carboxylic acids is 1. The number of hydrogen-bond donors (Lipinski definition) is 1. The van der Waals surface area contributed by atoms with E-state index >= 15 is 0 Å². The predicted octanol–water partition coefficient (Wildman–Crippen LogP) is 4.29. The van der Waals surface area contributed by atoms with Crippen LogP contribution in [0, 0.1) is 5.92 Å². The van der Waals surface area contributed by atoms with E-state index in [4.69, 9.17) is 9.26 Å². The smallest absolute Gasteiger partial charge is 0.241 e. The zero-order valence-corrected chi connectivity index (χ0v) is 18.7. The van der Waals surface area contributed by atoms with Gasteiger partial charge in [-0.2, -0.15) is 4.98 Å². The number of thiophene rings is 1. The molecule has 1 fully saturated rings. The molecule has 1 amide bonds. The summed E-state index contributed by atoms with van der Waals surface area (Å²) in [4.78, 5) is 20.6. The molecule has 3 heterocycles. The SMILES string of the molecule is CCOc1ccc(C(C)NC(=O)C2CCCN(Cc3nc(-c4cccs4)no3)C2)cc1. The lowest BCUT2D eigenvalue weighted by Crippen LogP contribution is -2.43. The number of nitrogens with zero attached hydrogens (tertiary/aromatic N) is 3. The minimum absolute atomic E-state index is 0.0430. The number of benzene rings is 1. The number of nitrogens with one attached hydrogen (secondary N) is 1. The molecule has 3 aromatic rings. The number of amides is 1. The van der Waals surface area contributed by atoms with Gasteiger partial charge in [-0.05, 0) is 62.4 Å². The number of rotatable bonds is 8. The molecule has 8 heteroatoms. The Labute approximate surface area is 186 Å². The zero-order valence-electron chi connectivity index (χ0n) is 17.9. The highest BCUT2D eigenvalue weighted by molar-refractivity contribution is 7.13. The van der Waals surface area contributed by atoms with Crippen LogP contribution in [0.5, 0.6) is 5.75 Å². The molecule has 0 spiro atoms. The Hall–Kier alpha value is -2.71. The summed E-state index contributed by atoms with van der Waals surface area (Å²) in [7, 11) is 0. The van der Waals surface area contributed by atoms with E-state index in [1.165, 1.54) is 0 Å². The van der Waals surface area contributed by atoms with E-state index in [0.717, 1.165) is 35.6 Å². The van der Waals surface area contributed by atoms with Gasteiger partial charge in [-0.15, -0.1) is 11.3 Å². The molecule has 1 aliphatic heterocycles. The first-order valence-electron chi connectivity index (χ1n) is 10.7. The van der Waals surface area contributed by atoms with Gasteiger partial charge in [0.05, 0.1) is 30.0 Å². The second-order valence-electron chi connectivity index (χ2n) is 7.80. The van der Waals surface area contributed by atoms with Gasteiger partial charge in [-0.25, -0.2) is 0 Å². The van der Waals surface area contributed by atoms with Crippen molar-refractivity contribution < 1.29 is 14.1 Å². The van der Waals surface area contributed by atoms with Crippen LogP contribution in [0.25, 0.3) is 10.7 Å². The van der Waals surface area contributed by atoms with Crippen LogP contribution in [-0.4, -0.2) is 40.6 Å². The van der Waals surface area contributed by atoms with Crippen LogP contribution in [0.4, 0.5) is 0 Å². The third-order valence-corrected chi connectivity index (χ3v) is 6.36. The highest BCUT2D eigenvalue weighted by Gasteiger charge is 2.28. The highest BCUT2D eigenvalue weighted by atomic mass is 32.1. The lowest BCUT2D eigenvalue weighted by molar-refractivity contribution is -0.127. The van der Waals surface area contributed by atoms with Crippen molar-refractivity contribution in [3.63, 3.8) is 0 Å². The minimum atomic E-state index is -0.0529. The molecule has 7 nitrogen and oxygen atoms in total. The normalized spacial score (nSPS) is 17.9. The molecule has 164 valence electrons. The quantitative estimate of drug-likeness (QED) is 0.563. The molecule has 1 saturated heterocycles. The van der Waals surface area contributed by atoms with E-state index in [9.17, 15) is 4.79 Å². The molecule has 2 aromatic heterocycles. The van der Waals surface area contributed by atoms with Gasteiger partial charge in [0.2, 0.25) is 17.6 Å². The first-order chi connectivity index (χ1) is 15.1. The monoisotopic (exact) mass is 440 g/mol. The van der Waals surface area contributed by atoms with Gasteiger partial charge < -0.3 is 14.6 Å². The molecule has 4 rings (SSSR count). The van der Waals surface area contributed by atoms with Crippen molar-refractivity contribution in [1.82, 2.24) is 20.4 Å². The Kier molecular flexibility index (Phi) is 6.99. The van der Waals surface area contributed by atoms with Crippen LogP contribution in [0.3, 0.4) is 0 Å². The average molecular weight is 441 g/mol. The second-order valence-corrected chi connectivity index (χ2v) is 8.74.